The molecule has 0 spiro atoms. The van der Waals surface area contributed by atoms with Gasteiger partial charge in [0, 0.05) is 6.54 Å². The molecule has 0 atom stereocenters. The van der Waals surface area contributed by atoms with E-state index in [1.54, 1.807) is 0 Å². The van der Waals surface area contributed by atoms with Crippen LogP contribution in [0.5, 0.6) is 0 Å². The first kappa shape index (κ1) is 8.76. The summed E-state index contributed by atoms with van der Waals surface area (Å²) in [4.78, 5) is 0. The van der Waals surface area contributed by atoms with Crippen molar-refractivity contribution in [3.8, 4) is 0 Å². The molecule has 0 bridgehead atoms. The van der Waals surface area contributed by atoms with Crippen LogP contribution in [0.1, 0.15) is 30.9 Å². The molecule has 1 fully saturated rings. The van der Waals surface area contributed by atoms with Crippen LogP contribution in [0.15, 0.2) is 24.3 Å². The summed E-state index contributed by atoms with van der Waals surface area (Å²) in [5, 5.41) is 3.18. The lowest BCUT2D eigenvalue weighted by Gasteiger charge is -2.10. The Bertz CT molecular complexity index is 300. The van der Waals surface area contributed by atoms with Gasteiger partial charge >= 0.3 is 0 Å². The van der Waals surface area contributed by atoms with Crippen molar-refractivity contribution in [2.24, 2.45) is 0 Å². The van der Waals surface area contributed by atoms with Gasteiger partial charge in [-0.05, 0) is 36.4 Å². The number of hydrogen-bond acceptors (Lipinski definition) is 1. The van der Waals surface area contributed by atoms with Gasteiger partial charge in [0.1, 0.15) is 0 Å². The Hall–Kier alpha value is -0.820. The SMILES string of the molecule is CNCc1cccc(C2(C)CC2)c1. The van der Waals surface area contributed by atoms with E-state index >= 15 is 0 Å². The third kappa shape index (κ3) is 1.75. The van der Waals surface area contributed by atoms with Crippen molar-refractivity contribution >= 4 is 0 Å². The zero-order chi connectivity index (χ0) is 9.31. The number of rotatable bonds is 3. The zero-order valence-electron chi connectivity index (χ0n) is 8.43. The fourth-order valence-electron chi connectivity index (χ4n) is 1.74. The van der Waals surface area contributed by atoms with Crippen molar-refractivity contribution in [1.29, 1.82) is 0 Å². The molecule has 0 aliphatic heterocycles. The van der Waals surface area contributed by atoms with E-state index in [4.69, 9.17) is 0 Å². The van der Waals surface area contributed by atoms with Gasteiger partial charge in [0.25, 0.3) is 0 Å². The van der Waals surface area contributed by atoms with Gasteiger partial charge in [0.2, 0.25) is 0 Å². The van der Waals surface area contributed by atoms with Crippen molar-refractivity contribution in [3.63, 3.8) is 0 Å². The standard InChI is InChI=1S/C12H17N/c1-12(6-7-12)11-5-3-4-10(8-11)9-13-2/h3-5,8,13H,6-7,9H2,1-2H3. The molecule has 0 heterocycles. The number of benzene rings is 1. The van der Waals surface area contributed by atoms with Crippen LogP contribution in [-0.2, 0) is 12.0 Å². The van der Waals surface area contributed by atoms with E-state index in [-0.39, 0.29) is 0 Å². The van der Waals surface area contributed by atoms with Crippen LogP contribution in [0.25, 0.3) is 0 Å². The van der Waals surface area contributed by atoms with Crippen LogP contribution < -0.4 is 5.32 Å². The third-order valence-electron chi connectivity index (χ3n) is 3.00. The number of nitrogens with one attached hydrogen (secondary N) is 1. The Morgan fingerprint density at radius 2 is 2.15 bits per heavy atom. The van der Waals surface area contributed by atoms with Crippen LogP contribution in [-0.4, -0.2) is 7.05 Å². The highest BCUT2D eigenvalue weighted by Crippen LogP contribution is 2.47. The lowest BCUT2D eigenvalue weighted by atomic mass is 9.96. The minimum atomic E-state index is 0.504. The van der Waals surface area contributed by atoms with E-state index in [1.807, 2.05) is 7.05 Å². The molecule has 0 amide bonds. The Balaban J connectivity index is 2.22. The molecular formula is C12H17N. The van der Waals surface area contributed by atoms with Gasteiger partial charge in [0.05, 0.1) is 0 Å². The second-order valence-corrected chi connectivity index (χ2v) is 4.29. The molecule has 1 heteroatoms. The summed E-state index contributed by atoms with van der Waals surface area (Å²) in [5.74, 6) is 0. The van der Waals surface area contributed by atoms with E-state index in [0.717, 1.165) is 6.54 Å². The van der Waals surface area contributed by atoms with Gasteiger partial charge < -0.3 is 5.32 Å². The maximum atomic E-state index is 3.18. The lowest BCUT2D eigenvalue weighted by molar-refractivity contribution is 0.773. The maximum absolute atomic E-state index is 3.18. The second-order valence-electron chi connectivity index (χ2n) is 4.29. The van der Waals surface area contributed by atoms with Gasteiger partial charge in [-0.15, -0.1) is 0 Å². The van der Waals surface area contributed by atoms with Crippen LogP contribution >= 0.6 is 0 Å². The molecule has 0 unspecified atom stereocenters. The van der Waals surface area contributed by atoms with E-state index in [1.165, 1.54) is 24.0 Å². The largest absolute Gasteiger partial charge is 0.316 e. The van der Waals surface area contributed by atoms with Gasteiger partial charge in [-0.1, -0.05) is 31.2 Å². The first-order chi connectivity index (χ1) is 6.24. The van der Waals surface area contributed by atoms with E-state index in [9.17, 15) is 0 Å². The Labute approximate surface area is 80.2 Å². The maximum Gasteiger partial charge on any atom is 0.0202 e. The highest BCUT2D eigenvalue weighted by Gasteiger charge is 2.38. The topological polar surface area (TPSA) is 12.0 Å². The predicted octanol–water partition coefficient (Wildman–Crippen LogP) is 2.46. The van der Waals surface area contributed by atoms with Crippen molar-refractivity contribution in [2.45, 2.75) is 31.7 Å². The Kier molecular flexibility index (Phi) is 2.12. The summed E-state index contributed by atoms with van der Waals surface area (Å²) >= 11 is 0. The summed E-state index contributed by atoms with van der Waals surface area (Å²) in [7, 11) is 1.99. The molecule has 1 aromatic carbocycles. The van der Waals surface area contributed by atoms with Crippen molar-refractivity contribution < 1.29 is 0 Å². The molecule has 1 saturated carbocycles. The Morgan fingerprint density at radius 3 is 2.77 bits per heavy atom. The monoisotopic (exact) mass is 175 g/mol. The molecular weight excluding hydrogens is 158 g/mol. The molecule has 1 N–H and O–H groups in total. The normalized spacial score (nSPS) is 18.6. The lowest BCUT2D eigenvalue weighted by Crippen LogP contribution is -2.07. The summed E-state index contributed by atoms with van der Waals surface area (Å²) in [6.07, 6.45) is 2.71. The predicted molar refractivity (Wildman–Crippen MR) is 55.8 cm³/mol. The average Bonchev–Trinajstić information content (AvgIpc) is 2.86. The molecule has 1 aliphatic carbocycles. The van der Waals surface area contributed by atoms with E-state index in [2.05, 4.69) is 36.5 Å². The second kappa shape index (κ2) is 3.15. The van der Waals surface area contributed by atoms with Crippen LogP contribution in [0.4, 0.5) is 0 Å². The summed E-state index contributed by atoms with van der Waals surface area (Å²) in [6.45, 7) is 3.33. The molecule has 13 heavy (non-hydrogen) atoms. The van der Waals surface area contributed by atoms with Crippen LogP contribution in [0.3, 0.4) is 0 Å². The van der Waals surface area contributed by atoms with Crippen LogP contribution in [0.2, 0.25) is 0 Å². The van der Waals surface area contributed by atoms with Gasteiger partial charge in [0.15, 0.2) is 0 Å². The van der Waals surface area contributed by atoms with Gasteiger partial charge in [-0.2, -0.15) is 0 Å². The summed E-state index contributed by atoms with van der Waals surface area (Å²) in [6, 6.07) is 8.95. The molecule has 0 radical (unpaired) electrons. The summed E-state index contributed by atoms with van der Waals surface area (Å²) < 4.78 is 0. The highest BCUT2D eigenvalue weighted by atomic mass is 14.8. The van der Waals surface area contributed by atoms with Crippen molar-refractivity contribution in [2.75, 3.05) is 7.05 Å². The minimum absolute atomic E-state index is 0.504. The highest BCUT2D eigenvalue weighted by molar-refractivity contribution is 5.33. The molecule has 70 valence electrons. The molecule has 0 aromatic heterocycles. The molecule has 1 aliphatic rings. The summed E-state index contributed by atoms with van der Waals surface area (Å²) in [5.41, 5.74) is 3.41. The fourth-order valence-corrected chi connectivity index (χ4v) is 1.74. The smallest absolute Gasteiger partial charge is 0.0202 e. The van der Waals surface area contributed by atoms with E-state index < -0.39 is 0 Å². The van der Waals surface area contributed by atoms with E-state index in [0.29, 0.717) is 5.41 Å². The quantitative estimate of drug-likeness (QED) is 0.744. The van der Waals surface area contributed by atoms with Gasteiger partial charge in [-0.25, -0.2) is 0 Å². The Morgan fingerprint density at radius 1 is 1.38 bits per heavy atom. The van der Waals surface area contributed by atoms with Crippen LogP contribution in [0, 0.1) is 0 Å². The molecule has 2 rings (SSSR count). The van der Waals surface area contributed by atoms with Crippen molar-refractivity contribution in [1.82, 2.24) is 5.32 Å². The third-order valence-corrected chi connectivity index (χ3v) is 3.00. The first-order valence-electron chi connectivity index (χ1n) is 4.99. The van der Waals surface area contributed by atoms with Gasteiger partial charge in [-0.3, -0.25) is 0 Å². The first-order valence-corrected chi connectivity index (χ1v) is 4.99. The minimum Gasteiger partial charge on any atom is -0.316 e. The van der Waals surface area contributed by atoms with Crippen molar-refractivity contribution in [3.05, 3.63) is 35.4 Å². The molecule has 1 nitrogen and oxygen atoms in total. The molecule has 0 saturated heterocycles. The average molecular weight is 175 g/mol. The number of hydrogen-bond donors (Lipinski definition) is 1. The molecule has 1 aromatic rings. The fraction of sp³-hybridized carbons (Fsp3) is 0.500. The zero-order valence-corrected chi connectivity index (χ0v) is 8.43.